The van der Waals surface area contributed by atoms with Gasteiger partial charge in [-0.2, -0.15) is 0 Å². The summed E-state index contributed by atoms with van der Waals surface area (Å²) in [6.07, 6.45) is 0. The van der Waals surface area contributed by atoms with Crippen molar-refractivity contribution in [1.29, 1.82) is 0 Å². The molecule has 0 saturated carbocycles. The van der Waals surface area contributed by atoms with Crippen LogP contribution in [0.1, 0.15) is 43.0 Å². The van der Waals surface area contributed by atoms with Crippen LogP contribution in [-0.2, 0) is 30.9 Å². The Hall–Kier alpha value is -4.24. The van der Waals surface area contributed by atoms with Crippen LogP contribution in [0.4, 0.5) is 0 Å². The van der Waals surface area contributed by atoms with E-state index in [9.17, 15) is 9.59 Å². The second-order valence-electron chi connectivity index (χ2n) is 13.6. The summed E-state index contributed by atoms with van der Waals surface area (Å²) < 4.78 is 17.6. The van der Waals surface area contributed by atoms with Gasteiger partial charge in [-0.15, -0.1) is 0 Å². The summed E-state index contributed by atoms with van der Waals surface area (Å²) >= 11 is 0. The van der Waals surface area contributed by atoms with Crippen LogP contribution in [0.25, 0.3) is 0 Å². The number of methoxy groups -OCH3 is 1. The Morgan fingerprint density at radius 1 is 0.787 bits per heavy atom. The van der Waals surface area contributed by atoms with Gasteiger partial charge >= 0.3 is 5.97 Å². The highest BCUT2D eigenvalue weighted by Gasteiger charge is 2.53. The van der Waals surface area contributed by atoms with E-state index in [0.717, 1.165) is 28.0 Å². The number of ether oxygens (including phenoxy) is 2. The quantitative estimate of drug-likeness (QED) is 0.0733. The first kappa shape index (κ1) is 34.1. The summed E-state index contributed by atoms with van der Waals surface area (Å²) in [6, 6.07) is 37.0. The molecule has 0 aromatic heterocycles. The normalized spacial score (nSPS) is 16.8. The highest BCUT2D eigenvalue weighted by Crippen LogP contribution is 2.41. The lowest BCUT2D eigenvalue weighted by Gasteiger charge is -2.52. The van der Waals surface area contributed by atoms with Crippen molar-refractivity contribution in [2.75, 3.05) is 20.3 Å². The maximum absolute atomic E-state index is 14.1. The van der Waals surface area contributed by atoms with Crippen LogP contribution in [0, 0.1) is 0 Å². The van der Waals surface area contributed by atoms with E-state index in [1.807, 2.05) is 78.9 Å². The van der Waals surface area contributed by atoms with E-state index in [1.165, 1.54) is 0 Å². The maximum atomic E-state index is 14.1. The summed E-state index contributed by atoms with van der Waals surface area (Å²) in [6.45, 7) is 11.2. The van der Waals surface area contributed by atoms with Crippen molar-refractivity contribution in [2.24, 2.45) is 0 Å². The molecule has 1 amide bonds. The second kappa shape index (κ2) is 14.3. The number of amides is 1. The molecule has 4 aromatic carbocycles. The molecular weight excluding hydrogens is 605 g/mol. The first-order valence-electron chi connectivity index (χ1n) is 16.1. The van der Waals surface area contributed by atoms with E-state index in [0.29, 0.717) is 6.61 Å². The Bertz CT molecular complexity index is 1530. The SMILES string of the molecule is COc1ccc(COC(=O)CN2C(=O)C(NC(c3ccccc3)(c3ccccc3)c3ccccc3)C2CO[Si](C)(C)C(C)(C)C)cc1. The molecule has 5 rings (SSSR count). The van der Waals surface area contributed by atoms with Gasteiger partial charge in [0.2, 0.25) is 5.91 Å². The number of nitrogens with one attached hydrogen (secondary N) is 1. The Balaban J connectivity index is 1.47. The third-order valence-corrected chi connectivity index (χ3v) is 14.1. The van der Waals surface area contributed by atoms with Gasteiger partial charge in [0, 0.05) is 0 Å². The summed E-state index contributed by atoms with van der Waals surface area (Å²) in [5, 5.41) is 3.82. The van der Waals surface area contributed by atoms with Gasteiger partial charge in [-0.3, -0.25) is 14.9 Å². The zero-order valence-electron chi connectivity index (χ0n) is 28.2. The van der Waals surface area contributed by atoms with Crippen LogP contribution < -0.4 is 10.1 Å². The van der Waals surface area contributed by atoms with Crippen LogP contribution in [0.15, 0.2) is 115 Å². The topological polar surface area (TPSA) is 77.1 Å². The number of rotatable bonds is 13. The number of hydrogen-bond donors (Lipinski definition) is 1. The number of carbonyl (C=O) groups excluding carboxylic acids is 2. The number of carbonyl (C=O) groups is 2. The highest BCUT2D eigenvalue weighted by atomic mass is 28.4. The average Bonchev–Trinajstić information content (AvgIpc) is 3.08. The molecule has 0 aliphatic carbocycles. The second-order valence-corrected chi connectivity index (χ2v) is 18.4. The fraction of sp³-hybridized carbons (Fsp3) is 0.333. The molecule has 1 fully saturated rings. The summed E-state index contributed by atoms with van der Waals surface area (Å²) in [5.74, 6) is 0.0970. The molecule has 2 unspecified atom stereocenters. The average molecular weight is 651 g/mol. The summed E-state index contributed by atoms with van der Waals surface area (Å²) in [5.41, 5.74) is 3.01. The summed E-state index contributed by atoms with van der Waals surface area (Å²) in [4.78, 5) is 28.9. The van der Waals surface area contributed by atoms with Crippen molar-refractivity contribution >= 4 is 20.2 Å². The van der Waals surface area contributed by atoms with Crippen molar-refractivity contribution in [3.63, 3.8) is 0 Å². The van der Waals surface area contributed by atoms with Crippen molar-refractivity contribution in [3.8, 4) is 5.75 Å². The Labute approximate surface area is 280 Å². The largest absolute Gasteiger partial charge is 0.497 e. The standard InChI is InChI=1S/C39H46N2O5Si/c1-38(2,3)47(5,6)46-28-34-36(37(43)41(34)26-35(42)45-27-29-22-24-33(44-4)25-23-29)40-39(30-16-10-7-11-17-30,31-18-12-8-13-19-31)32-20-14-9-15-21-32/h7-25,34,36,40H,26-28H2,1-6H3. The third kappa shape index (κ3) is 7.35. The van der Waals surface area contributed by atoms with E-state index in [-0.39, 0.29) is 30.1 Å². The summed E-state index contributed by atoms with van der Waals surface area (Å²) in [7, 11) is -0.574. The molecule has 47 heavy (non-hydrogen) atoms. The minimum atomic E-state index is -2.18. The monoisotopic (exact) mass is 650 g/mol. The minimum absolute atomic E-state index is 0.0202. The number of likely N-dealkylation sites (tertiary alicyclic amines) is 1. The molecular formula is C39H46N2O5Si. The fourth-order valence-electron chi connectivity index (χ4n) is 5.77. The lowest BCUT2D eigenvalue weighted by molar-refractivity contribution is -0.164. The molecule has 1 saturated heterocycles. The Morgan fingerprint density at radius 3 is 1.72 bits per heavy atom. The molecule has 1 aliphatic heterocycles. The smallest absolute Gasteiger partial charge is 0.325 e. The molecule has 7 nitrogen and oxygen atoms in total. The zero-order valence-corrected chi connectivity index (χ0v) is 29.2. The van der Waals surface area contributed by atoms with E-state index >= 15 is 0 Å². The molecule has 246 valence electrons. The molecule has 0 spiro atoms. The first-order valence-corrected chi connectivity index (χ1v) is 19.0. The van der Waals surface area contributed by atoms with Gasteiger partial charge in [0.1, 0.15) is 24.9 Å². The minimum Gasteiger partial charge on any atom is -0.497 e. The van der Waals surface area contributed by atoms with Gasteiger partial charge in [-0.1, -0.05) is 124 Å². The third-order valence-electron chi connectivity index (χ3n) is 9.61. The van der Waals surface area contributed by atoms with Gasteiger partial charge < -0.3 is 18.8 Å². The van der Waals surface area contributed by atoms with Crippen LogP contribution in [-0.4, -0.2) is 57.4 Å². The molecule has 1 aliphatic rings. The lowest BCUT2D eigenvalue weighted by Crippen LogP contribution is -2.75. The van der Waals surface area contributed by atoms with Crippen molar-refractivity contribution < 1.29 is 23.5 Å². The molecule has 1 N–H and O–H groups in total. The maximum Gasteiger partial charge on any atom is 0.325 e. The number of esters is 1. The van der Waals surface area contributed by atoms with Crippen LogP contribution in [0.5, 0.6) is 5.75 Å². The molecule has 4 aromatic rings. The zero-order chi connectivity index (χ0) is 33.7. The lowest BCUT2D eigenvalue weighted by atomic mass is 9.75. The number of nitrogens with zero attached hydrogens (tertiary/aromatic N) is 1. The fourth-order valence-corrected chi connectivity index (χ4v) is 6.79. The molecule has 2 atom stereocenters. The Morgan fingerprint density at radius 2 is 1.28 bits per heavy atom. The predicted octanol–water partition coefficient (Wildman–Crippen LogP) is 6.92. The number of hydrogen-bond acceptors (Lipinski definition) is 6. The van der Waals surface area contributed by atoms with E-state index in [1.54, 1.807) is 12.0 Å². The van der Waals surface area contributed by atoms with Crippen molar-refractivity contribution in [2.45, 2.75) is 63.1 Å². The van der Waals surface area contributed by atoms with Gasteiger partial charge in [0.25, 0.3) is 0 Å². The van der Waals surface area contributed by atoms with Gasteiger partial charge in [-0.05, 0) is 52.5 Å². The predicted molar refractivity (Wildman–Crippen MR) is 188 cm³/mol. The molecule has 1 heterocycles. The van der Waals surface area contributed by atoms with E-state index in [2.05, 4.69) is 75.6 Å². The molecule has 0 radical (unpaired) electrons. The van der Waals surface area contributed by atoms with Gasteiger partial charge in [0.15, 0.2) is 8.32 Å². The van der Waals surface area contributed by atoms with Gasteiger partial charge in [0.05, 0.1) is 25.3 Å². The first-order chi connectivity index (χ1) is 22.5. The number of β-lactam (4-membered cyclic amide) rings is 1. The highest BCUT2D eigenvalue weighted by molar-refractivity contribution is 6.74. The van der Waals surface area contributed by atoms with Gasteiger partial charge in [-0.25, -0.2) is 0 Å². The number of benzene rings is 4. The van der Waals surface area contributed by atoms with Crippen LogP contribution in [0.2, 0.25) is 18.1 Å². The van der Waals surface area contributed by atoms with Crippen molar-refractivity contribution in [3.05, 3.63) is 138 Å². The molecule has 0 bridgehead atoms. The van der Waals surface area contributed by atoms with E-state index in [4.69, 9.17) is 13.9 Å². The molecule has 8 heteroatoms. The van der Waals surface area contributed by atoms with Crippen LogP contribution in [0.3, 0.4) is 0 Å². The van der Waals surface area contributed by atoms with Crippen molar-refractivity contribution in [1.82, 2.24) is 10.2 Å². The van der Waals surface area contributed by atoms with Crippen LogP contribution >= 0.6 is 0 Å². The Kier molecular flexibility index (Phi) is 10.3. The van der Waals surface area contributed by atoms with E-state index < -0.39 is 25.9 Å².